The number of amides is 2. The summed E-state index contributed by atoms with van der Waals surface area (Å²) in [4.78, 5) is 28.8. The molecule has 1 unspecified atom stereocenters. The maximum absolute atomic E-state index is 12.8. The first-order chi connectivity index (χ1) is 11.6. The molecule has 2 heterocycles. The minimum Gasteiger partial charge on any atom is -0.495 e. The second-order valence-electron chi connectivity index (χ2n) is 6.47. The topological polar surface area (TPSA) is 61.9 Å². The highest BCUT2D eigenvalue weighted by Gasteiger charge is 2.38. The summed E-state index contributed by atoms with van der Waals surface area (Å²) in [5, 5.41) is 3.27. The van der Waals surface area contributed by atoms with Crippen molar-refractivity contribution in [2.75, 3.05) is 38.7 Å². The molecule has 1 aromatic carbocycles. The number of methoxy groups -OCH3 is 1. The average Bonchev–Trinajstić information content (AvgIpc) is 3.02. The third-order valence-corrected chi connectivity index (χ3v) is 5.07. The second-order valence-corrected chi connectivity index (χ2v) is 6.47. The van der Waals surface area contributed by atoms with Crippen LogP contribution in [0.5, 0.6) is 5.75 Å². The van der Waals surface area contributed by atoms with Gasteiger partial charge >= 0.3 is 0 Å². The third kappa shape index (κ3) is 4.07. The molecule has 0 aliphatic carbocycles. The zero-order chi connectivity index (χ0) is 17.1. The number of carbonyl (C=O) groups is 2. The highest BCUT2D eigenvalue weighted by Crippen LogP contribution is 2.33. The van der Waals surface area contributed by atoms with E-state index in [1.165, 1.54) is 0 Å². The number of benzene rings is 1. The molecule has 0 spiro atoms. The lowest BCUT2D eigenvalue weighted by Gasteiger charge is -2.33. The Balaban J connectivity index is 0.00000225. The molecule has 2 fully saturated rings. The Hall–Kier alpha value is -1.79. The Morgan fingerprint density at radius 3 is 2.56 bits per heavy atom. The van der Waals surface area contributed by atoms with Crippen molar-refractivity contribution in [1.82, 2.24) is 10.2 Å². The molecule has 2 amide bonds. The summed E-state index contributed by atoms with van der Waals surface area (Å²) in [6, 6.07) is 7.94. The maximum atomic E-state index is 12.8. The molecular formula is C18H26ClN3O3. The molecule has 1 aromatic rings. The number of piperidine rings is 1. The van der Waals surface area contributed by atoms with Crippen LogP contribution in [-0.4, -0.2) is 56.5 Å². The SMILES string of the molecule is CNC1CCN(C(=O)C2CC(=O)N(c3ccccc3OC)C2)CC1.Cl. The van der Waals surface area contributed by atoms with E-state index in [-0.39, 0.29) is 36.6 Å². The van der Waals surface area contributed by atoms with Crippen molar-refractivity contribution in [1.29, 1.82) is 0 Å². The van der Waals surface area contributed by atoms with Gasteiger partial charge in [0.2, 0.25) is 11.8 Å². The van der Waals surface area contributed by atoms with Crippen molar-refractivity contribution in [2.45, 2.75) is 25.3 Å². The number of nitrogens with zero attached hydrogens (tertiary/aromatic N) is 2. The van der Waals surface area contributed by atoms with Crippen molar-refractivity contribution >= 4 is 29.9 Å². The predicted octanol–water partition coefficient (Wildman–Crippen LogP) is 1.68. The molecule has 2 aliphatic rings. The Bertz CT molecular complexity index is 617. The van der Waals surface area contributed by atoms with Gasteiger partial charge in [-0.1, -0.05) is 12.1 Å². The van der Waals surface area contributed by atoms with Crippen molar-refractivity contribution in [3.05, 3.63) is 24.3 Å². The summed E-state index contributed by atoms with van der Waals surface area (Å²) < 4.78 is 5.35. The molecule has 138 valence electrons. The highest BCUT2D eigenvalue weighted by atomic mass is 35.5. The van der Waals surface area contributed by atoms with Gasteiger partial charge in [-0.3, -0.25) is 9.59 Å². The number of halogens is 1. The van der Waals surface area contributed by atoms with E-state index in [4.69, 9.17) is 4.74 Å². The largest absolute Gasteiger partial charge is 0.495 e. The molecule has 1 atom stereocenters. The van der Waals surface area contributed by atoms with Gasteiger partial charge in [0, 0.05) is 32.1 Å². The normalized spacial score (nSPS) is 21.2. The van der Waals surface area contributed by atoms with Crippen LogP contribution < -0.4 is 15.0 Å². The van der Waals surface area contributed by atoms with Crippen LogP contribution in [0.25, 0.3) is 0 Å². The average molecular weight is 368 g/mol. The van der Waals surface area contributed by atoms with Crippen molar-refractivity contribution < 1.29 is 14.3 Å². The van der Waals surface area contributed by atoms with Gasteiger partial charge < -0.3 is 19.9 Å². The van der Waals surface area contributed by atoms with Crippen LogP contribution in [-0.2, 0) is 9.59 Å². The molecule has 7 heteroatoms. The van der Waals surface area contributed by atoms with Crippen LogP contribution in [0.3, 0.4) is 0 Å². The molecule has 2 saturated heterocycles. The lowest BCUT2D eigenvalue weighted by molar-refractivity contribution is -0.136. The quantitative estimate of drug-likeness (QED) is 0.879. The molecule has 25 heavy (non-hydrogen) atoms. The van der Waals surface area contributed by atoms with Crippen LogP contribution in [0.15, 0.2) is 24.3 Å². The van der Waals surface area contributed by atoms with E-state index >= 15 is 0 Å². The summed E-state index contributed by atoms with van der Waals surface area (Å²) >= 11 is 0. The first kappa shape index (κ1) is 19.5. The van der Waals surface area contributed by atoms with E-state index in [1.54, 1.807) is 12.0 Å². The van der Waals surface area contributed by atoms with Gasteiger partial charge in [-0.15, -0.1) is 12.4 Å². The number of para-hydroxylation sites is 2. The molecule has 0 bridgehead atoms. The monoisotopic (exact) mass is 367 g/mol. The summed E-state index contributed by atoms with van der Waals surface area (Å²) in [5.74, 6) is 0.501. The second kappa shape index (κ2) is 8.54. The first-order valence-corrected chi connectivity index (χ1v) is 8.53. The number of likely N-dealkylation sites (tertiary alicyclic amines) is 1. The minimum atomic E-state index is -0.256. The fourth-order valence-corrected chi connectivity index (χ4v) is 3.61. The number of carbonyl (C=O) groups excluding carboxylic acids is 2. The van der Waals surface area contributed by atoms with Crippen molar-refractivity contribution in [2.24, 2.45) is 5.92 Å². The van der Waals surface area contributed by atoms with Crippen LogP contribution in [0.4, 0.5) is 5.69 Å². The minimum absolute atomic E-state index is 0. The number of hydrogen-bond acceptors (Lipinski definition) is 4. The summed E-state index contributed by atoms with van der Waals surface area (Å²) in [5.41, 5.74) is 0.745. The van der Waals surface area contributed by atoms with E-state index in [9.17, 15) is 9.59 Å². The van der Waals surface area contributed by atoms with Gasteiger partial charge in [0.05, 0.1) is 18.7 Å². The Labute approximate surface area is 154 Å². The molecule has 3 rings (SSSR count). The Kier molecular flexibility index (Phi) is 6.67. The van der Waals surface area contributed by atoms with Gasteiger partial charge in [-0.05, 0) is 32.0 Å². The first-order valence-electron chi connectivity index (χ1n) is 8.53. The number of nitrogens with one attached hydrogen (secondary N) is 1. The van der Waals surface area contributed by atoms with Gasteiger partial charge in [-0.2, -0.15) is 0 Å². The van der Waals surface area contributed by atoms with Crippen LogP contribution in [0.2, 0.25) is 0 Å². The zero-order valence-corrected chi connectivity index (χ0v) is 15.6. The van der Waals surface area contributed by atoms with E-state index in [0.717, 1.165) is 31.6 Å². The summed E-state index contributed by atoms with van der Waals surface area (Å²) in [7, 11) is 3.55. The van der Waals surface area contributed by atoms with E-state index in [0.29, 0.717) is 18.3 Å². The van der Waals surface area contributed by atoms with Gasteiger partial charge in [0.1, 0.15) is 5.75 Å². The maximum Gasteiger partial charge on any atom is 0.228 e. The van der Waals surface area contributed by atoms with E-state index in [2.05, 4.69) is 5.32 Å². The van der Waals surface area contributed by atoms with Crippen molar-refractivity contribution in [3.8, 4) is 5.75 Å². The Morgan fingerprint density at radius 1 is 1.24 bits per heavy atom. The number of anilines is 1. The lowest BCUT2D eigenvalue weighted by atomic mass is 10.0. The van der Waals surface area contributed by atoms with Crippen LogP contribution in [0.1, 0.15) is 19.3 Å². The molecule has 1 N–H and O–H groups in total. The van der Waals surface area contributed by atoms with Gasteiger partial charge in [0.25, 0.3) is 0 Å². The molecule has 0 aromatic heterocycles. The van der Waals surface area contributed by atoms with Crippen LogP contribution in [0, 0.1) is 5.92 Å². The number of ether oxygens (including phenoxy) is 1. The third-order valence-electron chi connectivity index (χ3n) is 5.07. The predicted molar refractivity (Wildman–Crippen MR) is 99.4 cm³/mol. The molecule has 2 aliphatic heterocycles. The molecule has 0 saturated carbocycles. The van der Waals surface area contributed by atoms with Gasteiger partial charge in [0.15, 0.2) is 0 Å². The summed E-state index contributed by atoms with van der Waals surface area (Å²) in [6.45, 7) is 1.97. The summed E-state index contributed by atoms with van der Waals surface area (Å²) in [6.07, 6.45) is 2.22. The fourth-order valence-electron chi connectivity index (χ4n) is 3.61. The van der Waals surface area contributed by atoms with Gasteiger partial charge in [-0.25, -0.2) is 0 Å². The fraction of sp³-hybridized carbons (Fsp3) is 0.556. The van der Waals surface area contributed by atoms with E-state index in [1.807, 2.05) is 36.2 Å². The number of hydrogen-bond donors (Lipinski definition) is 1. The number of rotatable bonds is 4. The standard InChI is InChI=1S/C18H25N3O3.ClH/c1-19-14-7-9-20(10-8-14)18(23)13-11-17(22)21(12-13)15-5-3-4-6-16(15)24-2;/h3-6,13-14,19H,7-12H2,1-2H3;1H. The molecule has 6 nitrogen and oxygen atoms in total. The zero-order valence-electron chi connectivity index (χ0n) is 14.7. The van der Waals surface area contributed by atoms with E-state index < -0.39 is 0 Å². The lowest BCUT2D eigenvalue weighted by Crippen LogP contribution is -2.46. The molecular weight excluding hydrogens is 342 g/mol. The highest BCUT2D eigenvalue weighted by molar-refractivity contribution is 6.01. The Morgan fingerprint density at radius 2 is 1.92 bits per heavy atom. The van der Waals surface area contributed by atoms with Crippen molar-refractivity contribution in [3.63, 3.8) is 0 Å². The van der Waals surface area contributed by atoms with Crippen LogP contribution >= 0.6 is 12.4 Å². The smallest absolute Gasteiger partial charge is 0.228 e. The molecule has 0 radical (unpaired) electrons.